The molecule has 2 atom stereocenters. The van der Waals surface area contributed by atoms with Crippen molar-refractivity contribution < 1.29 is 27.8 Å². The van der Waals surface area contributed by atoms with Gasteiger partial charge in [-0.2, -0.15) is 4.31 Å². The number of hydrogen-bond acceptors (Lipinski definition) is 5. The Labute approximate surface area is 185 Å². The van der Waals surface area contributed by atoms with Gasteiger partial charge in [0.1, 0.15) is 28.2 Å². The maximum Gasteiger partial charge on any atom is 0.244 e. The molecule has 1 aliphatic heterocycles. The molecule has 29 heavy (non-hydrogen) atoms. The van der Waals surface area contributed by atoms with Crippen LogP contribution in [0.5, 0.6) is 5.75 Å². The number of hydrogen-bond donors (Lipinski definition) is 2. The Balaban J connectivity index is 1.89. The van der Waals surface area contributed by atoms with Crippen LogP contribution in [0.3, 0.4) is 0 Å². The number of aliphatic hydroxyl groups is 2. The lowest BCUT2D eigenvalue weighted by Gasteiger charge is -2.27. The van der Waals surface area contributed by atoms with Crippen LogP contribution in [0, 0.1) is 16.0 Å². The Hall–Kier alpha value is -1.49. The van der Waals surface area contributed by atoms with Crippen molar-refractivity contribution >= 4 is 49.9 Å². The molecule has 0 radical (unpaired) electrons. The van der Waals surface area contributed by atoms with Gasteiger partial charge in [-0.25, -0.2) is 17.7 Å². The Kier molecular flexibility index (Phi) is 6.38. The van der Waals surface area contributed by atoms with Gasteiger partial charge in [0.15, 0.2) is 0 Å². The zero-order chi connectivity index (χ0) is 21.4. The van der Waals surface area contributed by atoms with Crippen molar-refractivity contribution in [2.24, 2.45) is 0 Å². The summed E-state index contributed by atoms with van der Waals surface area (Å²) in [4.78, 5) is 2.88. The van der Waals surface area contributed by atoms with E-state index in [-0.39, 0.29) is 27.9 Å². The molecule has 0 spiro atoms. The van der Waals surface area contributed by atoms with Gasteiger partial charge in [-0.1, -0.05) is 11.6 Å². The molecule has 1 saturated heterocycles. The molecule has 154 valence electrons. The largest absolute Gasteiger partial charge is 0.486 e. The molecule has 0 bridgehead atoms. The Morgan fingerprint density at radius 2 is 2.10 bits per heavy atom. The van der Waals surface area contributed by atoms with E-state index in [1.165, 1.54) is 24.3 Å². The average Bonchev–Trinajstić information content (AvgIpc) is 2.99. The van der Waals surface area contributed by atoms with Crippen LogP contribution in [-0.2, 0) is 10.0 Å². The van der Waals surface area contributed by atoms with Gasteiger partial charge >= 0.3 is 0 Å². The number of halogens is 3. The number of ether oxygens (including phenoxy) is 1. The highest BCUT2D eigenvalue weighted by molar-refractivity contribution is 14.1. The highest BCUT2D eigenvalue weighted by Crippen LogP contribution is 2.34. The average molecular weight is 553 g/mol. The lowest BCUT2D eigenvalue weighted by atomic mass is 10.0. The lowest BCUT2D eigenvalue weighted by Crippen LogP contribution is -2.48. The summed E-state index contributed by atoms with van der Waals surface area (Å²) in [6.45, 7) is 5.38. The van der Waals surface area contributed by atoms with E-state index in [0.717, 1.165) is 13.9 Å². The molecule has 0 unspecified atom stereocenters. The molecule has 0 aromatic heterocycles. The van der Waals surface area contributed by atoms with Gasteiger partial charge in [0, 0.05) is 16.2 Å². The molecule has 3 rings (SSSR count). The summed E-state index contributed by atoms with van der Waals surface area (Å²) in [7, 11) is -4.08. The van der Waals surface area contributed by atoms with Gasteiger partial charge < -0.3 is 14.9 Å². The quantitative estimate of drug-likeness (QED) is 0.440. The van der Waals surface area contributed by atoms with Crippen molar-refractivity contribution in [2.45, 2.75) is 16.6 Å². The second-order valence-corrected chi connectivity index (χ2v) is 10.0. The molecule has 0 saturated carbocycles. The van der Waals surface area contributed by atoms with Crippen molar-refractivity contribution in [3.8, 4) is 5.75 Å². The molecule has 2 aromatic carbocycles. The highest BCUT2D eigenvalue weighted by atomic mass is 127. The zero-order valence-corrected chi connectivity index (χ0v) is 18.4. The monoisotopic (exact) mass is 552 g/mol. The third-order valence-corrected chi connectivity index (χ3v) is 7.49. The topological polar surface area (TPSA) is 91.4 Å². The lowest BCUT2D eigenvalue weighted by molar-refractivity contribution is -0.0641. The van der Waals surface area contributed by atoms with Crippen molar-refractivity contribution in [3.63, 3.8) is 0 Å². The van der Waals surface area contributed by atoms with Gasteiger partial charge in [-0.3, -0.25) is 0 Å². The fourth-order valence-electron chi connectivity index (χ4n) is 2.95. The molecule has 11 heteroatoms. The first-order valence-corrected chi connectivity index (χ1v) is 11.1. The number of nitrogens with zero attached hydrogens (tertiary/aromatic N) is 2. The number of rotatable bonds is 5. The van der Waals surface area contributed by atoms with Crippen molar-refractivity contribution in [1.29, 1.82) is 0 Å². The molecule has 1 heterocycles. The van der Waals surface area contributed by atoms with E-state index in [4.69, 9.17) is 22.9 Å². The molecule has 7 nitrogen and oxygen atoms in total. The standard InChI is InChI=1S/C18H15ClFIN2O5S/c1-22-15-4-3-12(7-14(15)20)28-17-8-23(9-18(17,25)10-24)29(26,27)16-5-2-11(21)6-13(16)19/h2-7,17,24-25H,8-10H2/t17-,18+/m0/s1. The van der Waals surface area contributed by atoms with E-state index in [9.17, 15) is 23.0 Å². The van der Waals surface area contributed by atoms with Crippen LogP contribution in [0.4, 0.5) is 10.1 Å². The van der Waals surface area contributed by atoms with Gasteiger partial charge in [0.05, 0.1) is 24.7 Å². The molecule has 0 aliphatic carbocycles. The number of benzene rings is 2. The van der Waals surface area contributed by atoms with E-state index in [1.807, 2.05) is 22.6 Å². The van der Waals surface area contributed by atoms with Gasteiger partial charge in [0.2, 0.25) is 15.7 Å². The fourth-order valence-corrected chi connectivity index (χ4v) is 5.64. The van der Waals surface area contributed by atoms with Crippen molar-refractivity contribution in [2.75, 3.05) is 19.7 Å². The number of β-amino-alcohol motifs (C(OH)–C–C–N with tert-alkyl or cyclic N) is 1. The second-order valence-electron chi connectivity index (χ2n) is 6.47. The Morgan fingerprint density at radius 1 is 1.38 bits per heavy atom. The second kappa shape index (κ2) is 8.33. The highest BCUT2D eigenvalue weighted by Gasteiger charge is 2.51. The summed E-state index contributed by atoms with van der Waals surface area (Å²) < 4.78 is 47.1. The van der Waals surface area contributed by atoms with E-state index in [0.29, 0.717) is 0 Å². The first kappa shape index (κ1) is 22.2. The molecule has 2 N–H and O–H groups in total. The molecule has 1 fully saturated rings. The first-order chi connectivity index (χ1) is 13.6. The first-order valence-electron chi connectivity index (χ1n) is 8.23. The Bertz CT molecular complexity index is 1090. The minimum Gasteiger partial charge on any atom is -0.486 e. The zero-order valence-electron chi connectivity index (χ0n) is 14.7. The normalized spacial score (nSPS) is 22.4. The minimum absolute atomic E-state index is 0.00156. The molecule has 2 aromatic rings. The van der Waals surface area contributed by atoms with E-state index in [2.05, 4.69) is 4.85 Å². The molecular weight excluding hydrogens is 538 g/mol. The summed E-state index contributed by atoms with van der Waals surface area (Å²) in [5, 5.41) is 20.4. The van der Waals surface area contributed by atoms with Crippen LogP contribution in [-0.4, -0.2) is 54.3 Å². The maximum absolute atomic E-state index is 13.8. The predicted molar refractivity (Wildman–Crippen MR) is 112 cm³/mol. The third-order valence-electron chi connectivity index (χ3n) is 4.52. The van der Waals surface area contributed by atoms with Crippen LogP contribution in [0.1, 0.15) is 0 Å². The van der Waals surface area contributed by atoms with E-state index >= 15 is 0 Å². The summed E-state index contributed by atoms with van der Waals surface area (Å²) >= 11 is 8.09. The fraction of sp³-hybridized carbons (Fsp3) is 0.278. The van der Waals surface area contributed by atoms with Crippen LogP contribution in [0.2, 0.25) is 5.02 Å². The molecule has 0 amide bonds. The summed E-state index contributed by atoms with van der Waals surface area (Å²) in [6, 6.07) is 7.97. The van der Waals surface area contributed by atoms with E-state index < -0.39 is 40.7 Å². The molecule has 1 aliphatic rings. The van der Waals surface area contributed by atoms with Crippen molar-refractivity contribution in [3.05, 3.63) is 62.2 Å². The number of sulfonamides is 1. The van der Waals surface area contributed by atoms with Crippen LogP contribution >= 0.6 is 34.2 Å². The van der Waals surface area contributed by atoms with Gasteiger partial charge in [-0.05, 0) is 52.9 Å². The van der Waals surface area contributed by atoms with Gasteiger partial charge in [-0.15, -0.1) is 0 Å². The maximum atomic E-state index is 13.8. The van der Waals surface area contributed by atoms with Crippen LogP contribution < -0.4 is 4.74 Å². The summed E-state index contributed by atoms with van der Waals surface area (Å²) in [5.74, 6) is -0.809. The SMILES string of the molecule is [C-]#[N+]c1ccc(O[C@H]2CN(S(=O)(=O)c3ccc(I)cc3Cl)C[C@@]2(O)CO)cc1F. The van der Waals surface area contributed by atoms with Gasteiger partial charge in [0.25, 0.3) is 0 Å². The summed E-state index contributed by atoms with van der Waals surface area (Å²) in [5.41, 5.74) is -2.10. The van der Waals surface area contributed by atoms with Crippen molar-refractivity contribution in [1.82, 2.24) is 4.31 Å². The summed E-state index contributed by atoms with van der Waals surface area (Å²) in [6.07, 6.45) is -1.16. The van der Waals surface area contributed by atoms with Crippen LogP contribution in [0.25, 0.3) is 4.85 Å². The van der Waals surface area contributed by atoms with Crippen LogP contribution in [0.15, 0.2) is 41.3 Å². The predicted octanol–water partition coefficient (Wildman–Crippen LogP) is 2.81. The third kappa shape index (κ3) is 4.35. The smallest absolute Gasteiger partial charge is 0.244 e. The molecular formula is C18H15ClFIN2O5S. The Morgan fingerprint density at radius 3 is 2.69 bits per heavy atom. The minimum atomic E-state index is -4.08. The number of aliphatic hydroxyl groups excluding tert-OH is 1. The van der Waals surface area contributed by atoms with E-state index in [1.54, 1.807) is 6.07 Å².